The van der Waals surface area contributed by atoms with E-state index < -0.39 is 0 Å². The molecule has 0 atom stereocenters. The van der Waals surface area contributed by atoms with Crippen molar-refractivity contribution in [1.29, 1.82) is 0 Å². The smallest absolute Gasteiger partial charge is 0.119 e. The molecule has 0 aromatic heterocycles. The normalized spacial score (nSPS) is 10.4. The first-order chi connectivity index (χ1) is 9.31. The molecule has 2 rings (SSSR count). The van der Waals surface area contributed by atoms with E-state index in [0.29, 0.717) is 13.2 Å². The predicted molar refractivity (Wildman–Crippen MR) is 79.1 cm³/mol. The predicted octanol–water partition coefficient (Wildman–Crippen LogP) is 3.68. The Morgan fingerprint density at radius 2 is 1.68 bits per heavy atom. The Labute approximate surface area is 115 Å². The maximum atomic E-state index is 5.78. The van der Waals surface area contributed by atoms with Gasteiger partial charge in [0.1, 0.15) is 12.4 Å². The highest BCUT2D eigenvalue weighted by Crippen LogP contribution is 2.15. The molecule has 0 unspecified atom stereocenters. The zero-order valence-electron chi connectivity index (χ0n) is 11.4. The Kier molecular flexibility index (Phi) is 4.99. The Bertz CT molecular complexity index is 505. The van der Waals surface area contributed by atoms with Gasteiger partial charge in [-0.3, -0.25) is 0 Å². The number of hydrogen-bond acceptors (Lipinski definition) is 2. The molecule has 2 aromatic rings. The van der Waals surface area contributed by atoms with Crippen molar-refractivity contribution >= 4 is 0 Å². The Morgan fingerprint density at radius 1 is 0.947 bits per heavy atom. The maximum absolute atomic E-state index is 5.78. The molecule has 0 bridgehead atoms. The quantitative estimate of drug-likeness (QED) is 0.854. The lowest BCUT2D eigenvalue weighted by atomic mass is 10.1. The third-order valence-corrected chi connectivity index (χ3v) is 3.09. The van der Waals surface area contributed by atoms with E-state index in [1.54, 1.807) is 0 Å². The van der Waals surface area contributed by atoms with Crippen LogP contribution in [0.4, 0.5) is 0 Å². The molecule has 0 fully saturated rings. The lowest BCUT2D eigenvalue weighted by Gasteiger charge is -2.08. The van der Waals surface area contributed by atoms with Crippen LogP contribution in [0, 0.1) is 0 Å². The zero-order chi connectivity index (χ0) is 13.5. The van der Waals surface area contributed by atoms with Gasteiger partial charge in [0.25, 0.3) is 0 Å². The second-order valence-corrected chi connectivity index (χ2v) is 4.71. The molecule has 0 saturated carbocycles. The highest BCUT2D eigenvalue weighted by molar-refractivity contribution is 5.28. The van der Waals surface area contributed by atoms with Crippen molar-refractivity contribution in [3.8, 4) is 5.75 Å². The van der Waals surface area contributed by atoms with E-state index in [1.165, 1.54) is 12.0 Å². The molecule has 0 aliphatic carbocycles. The molecular weight excluding hydrogens is 234 g/mol. The molecule has 0 heterocycles. The first-order valence-electron chi connectivity index (χ1n) is 6.81. The largest absolute Gasteiger partial charge is 0.489 e. The summed E-state index contributed by atoms with van der Waals surface area (Å²) in [6.45, 7) is 3.34. The van der Waals surface area contributed by atoms with E-state index in [9.17, 15) is 0 Å². The van der Waals surface area contributed by atoms with Crippen LogP contribution in [0.25, 0.3) is 0 Å². The van der Waals surface area contributed by atoms with Crippen LogP contribution in [0.1, 0.15) is 30.0 Å². The van der Waals surface area contributed by atoms with E-state index in [-0.39, 0.29) is 0 Å². The lowest BCUT2D eigenvalue weighted by molar-refractivity contribution is 0.306. The highest BCUT2D eigenvalue weighted by Gasteiger charge is 1.98. The highest BCUT2D eigenvalue weighted by atomic mass is 16.5. The van der Waals surface area contributed by atoms with Gasteiger partial charge >= 0.3 is 0 Å². The van der Waals surface area contributed by atoms with Gasteiger partial charge in [-0.05, 0) is 35.2 Å². The van der Waals surface area contributed by atoms with Crippen LogP contribution in [-0.4, -0.2) is 0 Å². The lowest BCUT2D eigenvalue weighted by Crippen LogP contribution is -1.99. The van der Waals surface area contributed by atoms with E-state index >= 15 is 0 Å². The summed E-state index contributed by atoms with van der Waals surface area (Å²) < 4.78 is 5.78. The van der Waals surface area contributed by atoms with Crippen molar-refractivity contribution in [1.82, 2.24) is 0 Å². The summed E-state index contributed by atoms with van der Waals surface area (Å²) in [7, 11) is 0. The zero-order valence-corrected chi connectivity index (χ0v) is 11.4. The van der Waals surface area contributed by atoms with Crippen LogP contribution in [0.15, 0.2) is 48.5 Å². The maximum Gasteiger partial charge on any atom is 0.119 e. The van der Waals surface area contributed by atoms with E-state index in [0.717, 1.165) is 23.3 Å². The second kappa shape index (κ2) is 6.95. The Hall–Kier alpha value is -1.80. The van der Waals surface area contributed by atoms with Gasteiger partial charge < -0.3 is 10.5 Å². The summed E-state index contributed by atoms with van der Waals surface area (Å²) in [5.41, 5.74) is 9.28. The average Bonchev–Trinajstić information content (AvgIpc) is 2.47. The van der Waals surface area contributed by atoms with Gasteiger partial charge in [-0.25, -0.2) is 0 Å². The molecule has 0 saturated heterocycles. The Morgan fingerprint density at radius 3 is 2.37 bits per heavy atom. The molecule has 0 aliphatic rings. The topological polar surface area (TPSA) is 35.2 Å². The second-order valence-electron chi connectivity index (χ2n) is 4.71. The fourth-order valence-corrected chi connectivity index (χ4v) is 2.05. The van der Waals surface area contributed by atoms with Crippen LogP contribution in [0.2, 0.25) is 0 Å². The number of aryl methyl sites for hydroxylation is 1. The van der Waals surface area contributed by atoms with Gasteiger partial charge in [0.2, 0.25) is 0 Å². The summed E-state index contributed by atoms with van der Waals surface area (Å²) in [6.07, 6.45) is 2.30. The van der Waals surface area contributed by atoms with Crippen LogP contribution in [-0.2, 0) is 19.6 Å². The third-order valence-electron chi connectivity index (χ3n) is 3.09. The van der Waals surface area contributed by atoms with Gasteiger partial charge in [-0.1, -0.05) is 49.7 Å². The van der Waals surface area contributed by atoms with E-state index in [2.05, 4.69) is 31.2 Å². The molecule has 0 radical (unpaired) electrons. The summed E-state index contributed by atoms with van der Waals surface area (Å²) in [5.74, 6) is 0.915. The molecule has 100 valence electrons. The minimum atomic E-state index is 0.569. The average molecular weight is 255 g/mol. The van der Waals surface area contributed by atoms with Crippen LogP contribution >= 0.6 is 0 Å². The standard InChI is InChI=1S/C17H21NO/c1-2-4-14-7-9-17(10-8-14)19-13-16-6-3-5-15(11-16)12-18/h3,5-11H,2,4,12-13,18H2,1H3. The summed E-state index contributed by atoms with van der Waals surface area (Å²) in [6, 6.07) is 16.5. The minimum Gasteiger partial charge on any atom is -0.489 e. The van der Waals surface area contributed by atoms with Gasteiger partial charge in [-0.15, -0.1) is 0 Å². The first kappa shape index (κ1) is 13.6. The van der Waals surface area contributed by atoms with Gasteiger partial charge in [0, 0.05) is 6.54 Å². The van der Waals surface area contributed by atoms with Gasteiger partial charge in [0.15, 0.2) is 0 Å². The van der Waals surface area contributed by atoms with E-state index in [4.69, 9.17) is 10.5 Å². The van der Waals surface area contributed by atoms with Gasteiger partial charge in [0.05, 0.1) is 0 Å². The van der Waals surface area contributed by atoms with Gasteiger partial charge in [-0.2, -0.15) is 0 Å². The number of rotatable bonds is 6. The van der Waals surface area contributed by atoms with Crippen molar-refractivity contribution in [2.24, 2.45) is 5.73 Å². The van der Waals surface area contributed by atoms with Crippen molar-refractivity contribution in [2.45, 2.75) is 32.9 Å². The number of ether oxygens (including phenoxy) is 1. The number of benzene rings is 2. The molecule has 0 aliphatic heterocycles. The molecule has 2 nitrogen and oxygen atoms in total. The molecule has 0 spiro atoms. The molecule has 0 amide bonds. The Balaban J connectivity index is 1.94. The van der Waals surface area contributed by atoms with Crippen LogP contribution < -0.4 is 10.5 Å². The van der Waals surface area contributed by atoms with E-state index in [1.807, 2.05) is 24.3 Å². The molecule has 19 heavy (non-hydrogen) atoms. The van der Waals surface area contributed by atoms with Crippen molar-refractivity contribution < 1.29 is 4.74 Å². The molecule has 2 N–H and O–H groups in total. The summed E-state index contributed by atoms with van der Waals surface area (Å²) in [5, 5.41) is 0. The van der Waals surface area contributed by atoms with Crippen LogP contribution in [0.5, 0.6) is 5.75 Å². The molecule has 2 aromatic carbocycles. The number of nitrogens with two attached hydrogens (primary N) is 1. The van der Waals surface area contributed by atoms with Crippen molar-refractivity contribution in [3.05, 3.63) is 65.2 Å². The van der Waals surface area contributed by atoms with Crippen LogP contribution in [0.3, 0.4) is 0 Å². The fourth-order valence-electron chi connectivity index (χ4n) is 2.05. The molecular formula is C17H21NO. The summed E-state index contributed by atoms with van der Waals surface area (Å²) in [4.78, 5) is 0. The van der Waals surface area contributed by atoms with Crippen molar-refractivity contribution in [3.63, 3.8) is 0 Å². The number of hydrogen-bond donors (Lipinski definition) is 1. The third kappa shape index (κ3) is 4.11. The minimum absolute atomic E-state index is 0.569. The van der Waals surface area contributed by atoms with Crippen molar-refractivity contribution in [2.75, 3.05) is 0 Å². The summed E-state index contributed by atoms with van der Waals surface area (Å²) >= 11 is 0. The first-order valence-corrected chi connectivity index (χ1v) is 6.81. The monoisotopic (exact) mass is 255 g/mol. The molecule has 2 heteroatoms. The fraction of sp³-hybridized carbons (Fsp3) is 0.294. The SMILES string of the molecule is CCCc1ccc(OCc2cccc(CN)c2)cc1.